The molecule has 1 saturated heterocycles. The molecule has 0 spiro atoms. The summed E-state index contributed by atoms with van der Waals surface area (Å²) >= 11 is 0. The van der Waals surface area contributed by atoms with Crippen LogP contribution in [0.3, 0.4) is 0 Å². The van der Waals surface area contributed by atoms with Gasteiger partial charge in [0.05, 0.1) is 0 Å². The van der Waals surface area contributed by atoms with E-state index in [-0.39, 0.29) is 5.91 Å². The van der Waals surface area contributed by atoms with Crippen LogP contribution in [-0.2, 0) is 11.3 Å². The van der Waals surface area contributed by atoms with E-state index in [0.29, 0.717) is 12.5 Å². The highest BCUT2D eigenvalue weighted by Gasteiger charge is 2.23. The number of likely N-dealkylation sites (tertiary alicyclic amines) is 1. The van der Waals surface area contributed by atoms with Gasteiger partial charge in [-0.25, -0.2) is 0 Å². The van der Waals surface area contributed by atoms with Crippen molar-refractivity contribution in [3.05, 3.63) is 35.9 Å². The summed E-state index contributed by atoms with van der Waals surface area (Å²) in [5.74, 6) is 0.399. The van der Waals surface area contributed by atoms with E-state index in [1.165, 1.54) is 12.0 Å². The molecule has 0 saturated carbocycles. The number of nitrogens with zero attached hydrogens (tertiary/aromatic N) is 2. The minimum atomic E-state index is -0.893. The molecule has 23 heavy (non-hydrogen) atoms. The number of hydrogen-bond acceptors (Lipinski definition) is 3. The minimum Gasteiger partial charge on any atom is -0.384 e. The molecule has 0 bridgehead atoms. The lowest BCUT2D eigenvalue weighted by Crippen LogP contribution is -2.40. The van der Waals surface area contributed by atoms with Crippen molar-refractivity contribution in [2.45, 2.75) is 45.8 Å². The van der Waals surface area contributed by atoms with Gasteiger partial charge in [0.25, 0.3) is 5.91 Å². The third-order valence-corrected chi connectivity index (χ3v) is 4.72. The number of hydrogen-bond donors (Lipinski definition) is 1. The molecule has 1 fully saturated rings. The number of rotatable bonds is 6. The molecule has 1 N–H and O–H groups in total. The third kappa shape index (κ3) is 5.63. The Morgan fingerprint density at radius 1 is 1.30 bits per heavy atom. The van der Waals surface area contributed by atoms with E-state index in [1.807, 2.05) is 11.8 Å². The molecule has 2 atom stereocenters. The summed E-state index contributed by atoms with van der Waals surface area (Å²) in [7, 11) is 0. The van der Waals surface area contributed by atoms with E-state index < -0.39 is 6.10 Å². The van der Waals surface area contributed by atoms with Crippen molar-refractivity contribution in [3.8, 4) is 0 Å². The van der Waals surface area contributed by atoms with Gasteiger partial charge in [0.15, 0.2) is 0 Å². The maximum atomic E-state index is 12.0. The quantitative estimate of drug-likeness (QED) is 0.876. The Labute approximate surface area is 140 Å². The average Bonchev–Trinajstić information content (AvgIpc) is 2.78. The van der Waals surface area contributed by atoms with Gasteiger partial charge in [0.1, 0.15) is 6.10 Å². The molecule has 4 nitrogen and oxygen atoms in total. The van der Waals surface area contributed by atoms with Gasteiger partial charge < -0.3 is 10.0 Å². The van der Waals surface area contributed by atoms with Crippen molar-refractivity contribution < 1.29 is 9.90 Å². The van der Waals surface area contributed by atoms with E-state index in [0.717, 1.165) is 39.0 Å². The Morgan fingerprint density at radius 2 is 2.04 bits per heavy atom. The summed E-state index contributed by atoms with van der Waals surface area (Å²) in [6, 6.07) is 10.6. The lowest BCUT2D eigenvalue weighted by atomic mass is 10.00. The van der Waals surface area contributed by atoms with Crippen LogP contribution in [0.25, 0.3) is 0 Å². The number of carbonyl (C=O) groups is 1. The van der Waals surface area contributed by atoms with E-state index in [4.69, 9.17) is 0 Å². The molecule has 4 heteroatoms. The monoisotopic (exact) mass is 318 g/mol. The fourth-order valence-corrected chi connectivity index (χ4v) is 3.36. The molecule has 0 radical (unpaired) electrons. The molecule has 1 amide bonds. The second-order valence-corrected chi connectivity index (χ2v) is 6.61. The van der Waals surface area contributed by atoms with E-state index in [2.05, 4.69) is 35.2 Å². The van der Waals surface area contributed by atoms with Gasteiger partial charge in [-0.1, -0.05) is 30.3 Å². The number of benzene rings is 1. The zero-order valence-corrected chi connectivity index (χ0v) is 14.4. The minimum absolute atomic E-state index is 0.141. The topological polar surface area (TPSA) is 43.8 Å². The molecule has 1 heterocycles. The SMILES string of the molecule is CCN(CC1CCCN(Cc2ccccc2)CC1)C(=O)C(C)O. The van der Waals surface area contributed by atoms with Crippen LogP contribution in [0.2, 0.25) is 0 Å². The van der Waals surface area contributed by atoms with Crippen LogP contribution >= 0.6 is 0 Å². The highest BCUT2D eigenvalue weighted by Crippen LogP contribution is 2.20. The normalized spacial score (nSPS) is 20.7. The summed E-state index contributed by atoms with van der Waals surface area (Å²) in [5.41, 5.74) is 1.37. The lowest BCUT2D eigenvalue weighted by molar-refractivity contribution is -0.139. The van der Waals surface area contributed by atoms with Crippen LogP contribution in [0.4, 0.5) is 0 Å². The first kappa shape index (κ1) is 18.0. The number of aliphatic hydroxyl groups is 1. The molecule has 1 aromatic carbocycles. The Balaban J connectivity index is 1.84. The molecule has 1 aliphatic rings. The highest BCUT2D eigenvalue weighted by atomic mass is 16.3. The van der Waals surface area contributed by atoms with Crippen LogP contribution < -0.4 is 0 Å². The second kappa shape index (κ2) is 9.04. The zero-order valence-electron chi connectivity index (χ0n) is 14.4. The Bertz CT molecular complexity index is 476. The van der Waals surface area contributed by atoms with Crippen LogP contribution in [0.1, 0.15) is 38.7 Å². The van der Waals surface area contributed by atoms with Gasteiger partial charge in [0.2, 0.25) is 0 Å². The van der Waals surface area contributed by atoms with Crippen molar-refractivity contribution >= 4 is 5.91 Å². The van der Waals surface area contributed by atoms with E-state index >= 15 is 0 Å². The van der Waals surface area contributed by atoms with Crippen molar-refractivity contribution in [3.63, 3.8) is 0 Å². The van der Waals surface area contributed by atoms with Gasteiger partial charge in [-0.3, -0.25) is 9.69 Å². The van der Waals surface area contributed by atoms with Crippen molar-refractivity contribution in [2.75, 3.05) is 26.2 Å². The Morgan fingerprint density at radius 3 is 2.70 bits per heavy atom. The second-order valence-electron chi connectivity index (χ2n) is 6.61. The number of amides is 1. The average molecular weight is 318 g/mol. The molecule has 1 aliphatic heterocycles. The molecule has 1 aromatic rings. The predicted molar refractivity (Wildman–Crippen MR) is 93.0 cm³/mol. The van der Waals surface area contributed by atoms with Gasteiger partial charge >= 0.3 is 0 Å². The zero-order chi connectivity index (χ0) is 16.7. The smallest absolute Gasteiger partial charge is 0.251 e. The van der Waals surface area contributed by atoms with Gasteiger partial charge in [-0.05, 0) is 57.7 Å². The first-order chi connectivity index (χ1) is 11.1. The summed E-state index contributed by atoms with van der Waals surface area (Å²) in [6.07, 6.45) is 2.57. The maximum Gasteiger partial charge on any atom is 0.251 e. The van der Waals surface area contributed by atoms with Crippen LogP contribution in [0.5, 0.6) is 0 Å². The molecule has 0 aromatic heterocycles. The van der Waals surface area contributed by atoms with Crippen LogP contribution in [-0.4, -0.2) is 53.1 Å². The van der Waals surface area contributed by atoms with Crippen molar-refractivity contribution in [1.29, 1.82) is 0 Å². The fourth-order valence-electron chi connectivity index (χ4n) is 3.36. The molecule has 128 valence electrons. The van der Waals surface area contributed by atoms with E-state index in [1.54, 1.807) is 6.92 Å². The van der Waals surface area contributed by atoms with E-state index in [9.17, 15) is 9.90 Å². The Hall–Kier alpha value is -1.39. The number of carbonyl (C=O) groups excluding carboxylic acids is 1. The Kier molecular flexibility index (Phi) is 7.06. The number of aliphatic hydroxyl groups excluding tert-OH is 1. The summed E-state index contributed by atoms with van der Waals surface area (Å²) in [6.45, 7) is 8.21. The van der Waals surface area contributed by atoms with Crippen molar-refractivity contribution in [1.82, 2.24) is 9.80 Å². The highest BCUT2D eigenvalue weighted by molar-refractivity contribution is 5.80. The predicted octanol–water partition coefficient (Wildman–Crippen LogP) is 2.52. The fraction of sp³-hybridized carbons (Fsp3) is 0.632. The molecule has 2 rings (SSSR count). The van der Waals surface area contributed by atoms with Gasteiger partial charge in [0, 0.05) is 19.6 Å². The van der Waals surface area contributed by atoms with Gasteiger partial charge in [-0.2, -0.15) is 0 Å². The van der Waals surface area contributed by atoms with Crippen LogP contribution in [0.15, 0.2) is 30.3 Å². The summed E-state index contributed by atoms with van der Waals surface area (Å²) < 4.78 is 0. The largest absolute Gasteiger partial charge is 0.384 e. The first-order valence-corrected chi connectivity index (χ1v) is 8.83. The maximum absolute atomic E-state index is 12.0. The molecule has 2 unspecified atom stereocenters. The first-order valence-electron chi connectivity index (χ1n) is 8.83. The number of likely N-dealkylation sites (N-methyl/N-ethyl adjacent to an activating group) is 1. The standard InChI is InChI=1S/C19H30N2O2/c1-3-21(19(23)16(2)22)15-18-10-7-12-20(13-11-18)14-17-8-5-4-6-9-17/h4-6,8-9,16,18,22H,3,7,10-15H2,1-2H3. The summed E-state index contributed by atoms with van der Waals surface area (Å²) in [5, 5.41) is 9.51. The van der Waals surface area contributed by atoms with Crippen molar-refractivity contribution in [2.24, 2.45) is 5.92 Å². The lowest BCUT2D eigenvalue weighted by Gasteiger charge is -2.27. The molecule has 0 aliphatic carbocycles. The molecular formula is C19H30N2O2. The molecular weight excluding hydrogens is 288 g/mol. The van der Waals surface area contributed by atoms with Crippen LogP contribution in [0, 0.1) is 5.92 Å². The third-order valence-electron chi connectivity index (χ3n) is 4.72. The van der Waals surface area contributed by atoms with Gasteiger partial charge in [-0.15, -0.1) is 0 Å². The summed E-state index contributed by atoms with van der Waals surface area (Å²) in [4.78, 5) is 16.3.